The Morgan fingerprint density at radius 1 is 0.750 bits per heavy atom. The Hall–Kier alpha value is -2.86. The number of phosphoric ester groups is 2. The SMILES string of the molecule is CCOP(=O)(OCC)Oc1ccc([N+](=O)[O-])cc1.CCc1c(OP(=O)([O-])[O-])ccc([N+](=O)[O-])c1CC. The molecule has 2 aromatic carbocycles. The molecular weight excluding hydrogens is 522 g/mol. The standard InChI is InChI=1S/2C10H14NO6P/c1-3-15-18(14,16-4-2)17-10-7-5-9(6-8-10)11(12)13;1-3-7-8(4-2)10(17-18(14,15)16)6-5-9(7)11(12)13/h5-8H,3-4H2,1-2H3;5-6H,3-4H2,1-2H3,(H2,14,15,16)/p-2. The minimum atomic E-state index is -5.17. The van der Waals surface area contributed by atoms with Crippen LogP contribution in [0.5, 0.6) is 11.5 Å². The highest BCUT2D eigenvalue weighted by Gasteiger charge is 2.27. The van der Waals surface area contributed by atoms with E-state index in [2.05, 4.69) is 4.52 Å². The van der Waals surface area contributed by atoms with Gasteiger partial charge < -0.3 is 23.4 Å². The van der Waals surface area contributed by atoms with Gasteiger partial charge in [0.05, 0.1) is 23.1 Å². The summed E-state index contributed by atoms with van der Waals surface area (Å²) in [6, 6.07) is 7.45. The van der Waals surface area contributed by atoms with Gasteiger partial charge in [0.2, 0.25) is 0 Å². The molecule has 2 aromatic rings. The first-order valence-electron chi connectivity index (χ1n) is 10.6. The van der Waals surface area contributed by atoms with E-state index >= 15 is 0 Å². The van der Waals surface area contributed by atoms with Crippen LogP contribution in [0.3, 0.4) is 0 Å². The van der Waals surface area contributed by atoms with Crippen LogP contribution in [-0.4, -0.2) is 23.1 Å². The Morgan fingerprint density at radius 2 is 1.28 bits per heavy atom. The topological polar surface area (TPSA) is 203 Å². The maximum absolute atomic E-state index is 12.0. The Labute approximate surface area is 207 Å². The largest absolute Gasteiger partial charge is 0.780 e. The van der Waals surface area contributed by atoms with Crippen LogP contribution in [0.15, 0.2) is 36.4 Å². The summed E-state index contributed by atoms with van der Waals surface area (Å²) in [5.41, 5.74) is 0.574. The van der Waals surface area contributed by atoms with Crippen LogP contribution < -0.4 is 18.8 Å². The average molecular weight is 548 g/mol. The predicted octanol–water partition coefficient (Wildman–Crippen LogP) is 4.08. The minimum Gasteiger partial charge on any atom is -0.780 e. The van der Waals surface area contributed by atoms with E-state index in [1.807, 2.05) is 0 Å². The van der Waals surface area contributed by atoms with E-state index in [0.29, 0.717) is 24.0 Å². The molecule has 14 nitrogen and oxygen atoms in total. The van der Waals surface area contributed by atoms with E-state index in [0.717, 1.165) is 12.1 Å². The number of rotatable bonds is 12. The summed E-state index contributed by atoms with van der Waals surface area (Å²) in [6.45, 7) is 7.06. The molecule has 0 bridgehead atoms. The van der Waals surface area contributed by atoms with Gasteiger partial charge in [-0.15, -0.1) is 0 Å². The molecule has 0 atom stereocenters. The molecule has 0 aromatic heterocycles. The number of nitro benzene ring substituents is 2. The minimum absolute atomic E-state index is 0.0787. The van der Waals surface area contributed by atoms with Crippen molar-refractivity contribution < 1.29 is 46.9 Å². The highest BCUT2D eigenvalue weighted by molar-refractivity contribution is 7.48. The second-order valence-corrected chi connectivity index (χ2v) is 9.34. The number of nitrogens with zero attached hydrogens (tertiary/aromatic N) is 2. The Bertz CT molecular complexity index is 1120. The van der Waals surface area contributed by atoms with Gasteiger partial charge in [-0.3, -0.25) is 29.3 Å². The summed E-state index contributed by atoms with van der Waals surface area (Å²) in [4.78, 5) is 41.4. The molecule has 200 valence electrons. The van der Waals surface area contributed by atoms with Gasteiger partial charge in [0, 0.05) is 29.3 Å². The van der Waals surface area contributed by atoms with Gasteiger partial charge in [0.15, 0.2) is 0 Å². The molecule has 0 amide bonds. The molecule has 0 heterocycles. The normalized spacial score (nSPS) is 11.3. The molecule has 0 aliphatic carbocycles. The molecule has 0 radical (unpaired) electrons. The summed E-state index contributed by atoms with van der Waals surface area (Å²) in [5, 5.41) is 21.3. The van der Waals surface area contributed by atoms with Crippen molar-refractivity contribution in [2.24, 2.45) is 0 Å². The number of non-ortho nitro benzene ring substituents is 1. The third-order valence-corrected chi connectivity index (χ3v) is 6.32. The van der Waals surface area contributed by atoms with Gasteiger partial charge in [-0.25, -0.2) is 4.57 Å². The van der Waals surface area contributed by atoms with Crippen LogP contribution in [0.25, 0.3) is 0 Å². The summed E-state index contributed by atoms with van der Waals surface area (Å²) in [5.74, 6) is 0.0547. The molecule has 16 heteroatoms. The molecule has 0 saturated heterocycles. The second kappa shape index (κ2) is 14.0. The van der Waals surface area contributed by atoms with Gasteiger partial charge in [0.1, 0.15) is 19.3 Å². The van der Waals surface area contributed by atoms with Crippen molar-refractivity contribution in [1.29, 1.82) is 0 Å². The van der Waals surface area contributed by atoms with E-state index in [1.54, 1.807) is 27.7 Å². The highest BCUT2D eigenvalue weighted by atomic mass is 31.2. The monoisotopic (exact) mass is 548 g/mol. The summed E-state index contributed by atoms with van der Waals surface area (Å²) >= 11 is 0. The van der Waals surface area contributed by atoms with Crippen molar-refractivity contribution in [3.8, 4) is 11.5 Å². The third kappa shape index (κ3) is 9.65. The number of phosphoric acid groups is 2. The Morgan fingerprint density at radius 3 is 1.67 bits per heavy atom. The van der Waals surface area contributed by atoms with Crippen molar-refractivity contribution in [3.05, 3.63) is 67.8 Å². The van der Waals surface area contributed by atoms with E-state index in [9.17, 15) is 39.1 Å². The van der Waals surface area contributed by atoms with E-state index < -0.39 is 25.5 Å². The first-order chi connectivity index (χ1) is 16.8. The van der Waals surface area contributed by atoms with Crippen LogP contribution in [0, 0.1) is 20.2 Å². The number of benzene rings is 2. The first-order valence-corrected chi connectivity index (χ1v) is 13.6. The number of hydrogen-bond acceptors (Lipinski definition) is 12. The zero-order chi connectivity index (χ0) is 27.5. The summed E-state index contributed by atoms with van der Waals surface area (Å²) < 4.78 is 41.9. The van der Waals surface area contributed by atoms with Crippen LogP contribution >= 0.6 is 15.6 Å². The third-order valence-electron chi connectivity index (χ3n) is 4.32. The van der Waals surface area contributed by atoms with Crippen LogP contribution in [0.2, 0.25) is 0 Å². The Balaban J connectivity index is 0.000000360. The fourth-order valence-electron chi connectivity index (χ4n) is 2.98. The fraction of sp³-hybridized carbons (Fsp3) is 0.400. The van der Waals surface area contributed by atoms with Crippen molar-refractivity contribution in [3.63, 3.8) is 0 Å². The van der Waals surface area contributed by atoms with Gasteiger partial charge >= 0.3 is 7.82 Å². The molecule has 36 heavy (non-hydrogen) atoms. The zero-order valence-electron chi connectivity index (χ0n) is 20.0. The lowest BCUT2D eigenvalue weighted by molar-refractivity contribution is -0.385. The van der Waals surface area contributed by atoms with Gasteiger partial charge in [-0.2, -0.15) is 0 Å². The van der Waals surface area contributed by atoms with Crippen molar-refractivity contribution in [1.82, 2.24) is 0 Å². The molecular formula is C20H26N2O12P2-2. The lowest BCUT2D eigenvalue weighted by atomic mass is 10.00. The van der Waals surface area contributed by atoms with Crippen molar-refractivity contribution >= 4 is 27.0 Å². The fourth-order valence-corrected chi connectivity index (χ4v) is 4.59. The lowest BCUT2D eigenvalue weighted by Gasteiger charge is -2.30. The molecule has 0 aliphatic heterocycles. The average Bonchev–Trinajstić information content (AvgIpc) is 2.78. The Kier molecular flexibility index (Phi) is 12.1. The summed E-state index contributed by atoms with van der Waals surface area (Å²) in [6.07, 6.45) is 0.679. The predicted molar refractivity (Wildman–Crippen MR) is 125 cm³/mol. The van der Waals surface area contributed by atoms with Crippen molar-refractivity contribution in [2.45, 2.75) is 40.5 Å². The van der Waals surface area contributed by atoms with Crippen LogP contribution in [-0.2, 0) is 31.0 Å². The van der Waals surface area contributed by atoms with Gasteiger partial charge in [-0.1, -0.05) is 13.8 Å². The van der Waals surface area contributed by atoms with Crippen LogP contribution in [0.4, 0.5) is 11.4 Å². The van der Waals surface area contributed by atoms with E-state index in [-0.39, 0.29) is 36.1 Å². The molecule has 2 rings (SSSR count). The zero-order valence-corrected chi connectivity index (χ0v) is 21.8. The van der Waals surface area contributed by atoms with Crippen LogP contribution in [0.1, 0.15) is 38.8 Å². The molecule has 0 saturated carbocycles. The number of nitro groups is 2. The second-order valence-electron chi connectivity index (χ2n) is 6.67. The summed E-state index contributed by atoms with van der Waals surface area (Å²) in [7, 11) is -8.82. The molecule has 0 spiro atoms. The first kappa shape index (κ1) is 31.2. The lowest BCUT2D eigenvalue weighted by Crippen LogP contribution is -2.19. The number of hydrogen-bond donors (Lipinski definition) is 0. The van der Waals surface area contributed by atoms with E-state index in [4.69, 9.17) is 13.6 Å². The molecule has 0 fully saturated rings. The molecule has 0 N–H and O–H groups in total. The smallest absolute Gasteiger partial charge is 0.530 e. The maximum atomic E-state index is 12.0. The molecule has 0 aliphatic rings. The molecule has 0 unspecified atom stereocenters. The quantitative estimate of drug-likeness (QED) is 0.209. The maximum Gasteiger partial charge on any atom is 0.530 e. The van der Waals surface area contributed by atoms with E-state index in [1.165, 1.54) is 24.3 Å². The highest BCUT2D eigenvalue weighted by Crippen LogP contribution is 2.49. The van der Waals surface area contributed by atoms with Gasteiger partial charge in [0.25, 0.3) is 11.4 Å². The van der Waals surface area contributed by atoms with Crippen molar-refractivity contribution in [2.75, 3.05) is 13.2 Å². The van der Waals surface area contributed by atoms with Gasteiger partial charge in [-0.05, 0) is 44.9 Å².